The number of carbonyl (C=O) groups excluding carboxylic acids is 1. The van der Waals surface area contributed by atoms with Crippen molar-refractivity contribution in [2.24, 2.45) is 0 Å². The smallest absolute Gasteiger partial charge is 0.306 e. The summed E-state index contributed by atoms with van der Waals surface area (Å²) in [7, 11) is 4.08. The lowest BCUT2D eigenvalue weighted by atomic mass is 10.0. The standard InChI is InChI=1S/C20H41NO2.C2H6/c1-5-7-9-11-13-16-19(15-12-10-8-6-2)23-20(22)17-14-18-21(3)4;1-2/h19H,5-18H2,1-4H3;1-2H3. The van der Waals surface area contributed by atoms with Gasteiger partial charge in [-0.25, -0.2) is 0 Å². The van der Waals surface area contributed by atoms with Crippen molar-refractivity contribution in [2.45, 2.75) is 117 Å². The Balaban J connectivity index is 0. The maximum absolute atomic E-state index is 12.0. The predicted molar refractivity (Wildman–Crippen MR) is 111 cm³/mol. The topological polar surface area (TPSA) is 29.5 Å². The quantitative estimate of drug-likeness (QED) is 0.230. The molecule has 0 aliphatic carbocycles. The fourth-order valence-electron chi connectivity index (χ4n) is 2.82. The van der Waals surface area contributed by atoms with Gasteiger partial charge in [0.25, 0.3) is 0 Å². The summed E-state index contributed by atoms with van der Waals surface area (Å²) < 4.78 is 5.76. The Labute approximate surface area is 158 Å². The molecule has 0 aromatic rings. The SMILES string of the molecule is CC.CCCCCCCC(CCCCCC)OC(=O)CCCN(C)C. The Morgan fingerprint density at radius 1 is 0.800 bits per heavy atom. The number of ether oxygens (including phenoxy) is 1. The van der Waals surface area contributed by atoms with E-state index in [2.05, 4.69) is 18.7 Å². The summed E-state index contributed by atoms with van der Waals surface area (Å²) in [6, 6.07) is 0. The average Bonchev–Trinajstić information content (AvgIpc) is 2.59. The lowest BCUT2D eigenvalue weighted by molar-refractivity contribution is -0.150. The Bertz CT molecular complexity index is 267. The fraction of sp³-hybridized carbons (Fsp3) is 0.955. The number of carbonyl (C=O) groups is 1. The molecule has 152 valence electrons. The van der Waals surface area contributed by atoms with Gasteiger partial charge in [-0.15, -0.1) is 0 Å². The second kappa shape index (κ2) is 21.5. The lowest BCUT2D eigenvalue weighted by Gasteiger charge is -2.18. The second-order valence-electron chi connectivity index (χ2n) is 7.07. The first-order valence-electron chi connectivity index (χ1n) is 10.9. The van der Waals surface area contributed by atoms with Crippen molar-refractivity contribution in [2.75, 3.05) is 20.6 Å². The molecule has 0 bridgehead atoms. The highest BCUT2D eigenvalue weighted by Gasteiger charge is 2.14. The summed E-state index contributed by atoms with van der Waals surface area (Å²) in [4.78, 5) is 14.1. The van der Waals surface area contributed by atoms with E-state index in [0.29, 0.717) is 6.42 Å². The zero-order chi connectivity index (χ0) is 19.3. The van der Waals surface area contributed by atoms with Crippen LogP contribution in [0.25, 0.3) is 0 Å². The van der Waals surface area contributed by atoms with Crippen molar-refractivity contribution in [1.29, 1.82) is 0 Å². The Hall–Kier alpha value is -0.570. The molecule has 0 fully saturated rings. The first-order chi connectivity index (χ1) is 12.1. The van der Waals surface area contributed by atoms with Gasteiger partial charge in [-0.3, -0.25) is 4.79 Å². The Kier molecular flexibility index (Phi) is 22.9. The Morgan fingerprint density at radius 3 is 1.76 bits per heavy atom. The van der Waals surface area contributed by atoms with Gasteiger partial charge in [-0.05, 0) is 52.7 Å². The first-order valence-corrected chi connectivity index (χ1v) is 10.9. The van der Waals surface area contributed by atoms with E-state index in [1.807, 2.05) is 27.9 Å². The van der Waals surface area contributed by atoms with Gasteiger partial charge in [-0.1, -0.05) is 72.6 Å². The number of hydrogen-bond acceptors (Lipinski definition) is 3. The molecule has 0 aromatic heterocycles. The van der Waals surface area contributed by atoms with Gasteiger partial charge in [0.15, 0.2) is 0 Å². The number of rotatable bonds is 16. The molecule has 0 spiro atoms. The molecule has 25 heavy (non-hydrogen) atoms. The molecule has 1 atom stereocenters. The molecule has 0 N–H and O–H groups in total. The average molecular weight is 358 g/mol. The van der Waals surface area contributed by atoms with Gasteiger partial charge in [0, 0.05) is 6.42 Å². The zero-order valence-electron chi connectivity index (χ0n) is 18.2. The number of hydrogen-bond donors (Lipinski definition) is 0. The predicted octanol–water partition coefficient (Wildman–Crippen LogP) is 6.60. The van der Waals surface area contributed by atoms with Crippen molar-refractivity contribution in [3.63, 3.8) is 0 Å². The van der Waals surface area contributed by atoms with Crippen molar-refractivity contribution in [3.05, 3.63) is 0 Å². The van der Waals surface area contributed by atoms with Crippen LogP contribution in [0.1, 0.15) is 111 Å². The van der Waals surface area contributed by atoms with E-state index in [1.54, 1.807) is 0 Å². The van der Waals surface area contributed by atoms with Gasteiger partial charge in [0.2, 0.25) is 0 Å². The third kappa shape index (κ3) is 21.4. The minimum absolute atomic E-state index is 0.000833. The van der Waals surface area contributed by atoms with E-state index in [-0.39, 0.29) is 12.1 Å². The first kappa shape index (κ1) is 26.7. The van der Waals surface area contributed by atoms with Crippen molar-refractivity contribution in [1.82, 2.24) is 4.90 Å². The van der Waals surface area contributed by atoms with Crippen LogP contribution in [0.3, 0.4) is 0 Å². The van der Waals surface area contributed by atoms with Crippen LogP contribution in [0.5, 0.6) is 0 Å². The number of nitrogens with zero attached hydrogens (tertiary/aromatic N) is 1. The highest BCUT2D eigenvalue weighted by Crippen LogP contribution is 2.16. The van der Waals surface area contributed by atoms with Crippen molar-refractivity contribution >= 4 is 5.97 Å². The van der Waals surface area contributed by atoms with Crippen molar-refractivity contribution in [3.8, 4) is 0 Å². The molecule has 0 aromatic carbocycles. The normalized spacial score (nSPS) is 11.8. The summed E-state index contributed by atoms with van der Waals surface area (Å²) >= 11 is 0. The van der Waals surface area contributed by atoms with Gasteiger partial charge < -0.3 is 9.64 Å². The van der Waals surface area contributed by atoms with E-state index < -0.39 is 0 Å². The highest BCUT2D eigenvalue weighted by molar-refractivity contribution is 5.69. The van der Waals surface area contributed by atoms with Crippen LogP contribution >= 0.6 is 0 Å². The van der Waals surface area contributed by atoms with Crippen molar-refractivity contribution < 1.29 is 9.53 Å². The lowest BCUT2D eigenvalue weighted by Crippen LogP contribution is -2.20. The molecule has 0 saturated carbocycles. The van der Waals surface area contributed by atoms with E-state index >= 15 is 0 Å². The van der Waals surface area contributed by atoms with Crippen LogP contribution < -0.4 is 0 Å². The summed E-state index contributed by atoms with van der Waals surface area (Å²) in [6.45, 7) is 9.43. The van der Waals surface area contributed by atoms with E-state index in [1.165, 1.54) is 57.8 Å². The molecular formula is C22H47NO2. The molecule has 0 amide bonds. The van der Waals surface area contributed by atoms with Crippen LogP contribution in [0.2, 0.25) is 0 Å². The van der Waals surface area contributed by atoms with E-state index in [9.17, 15) is 4.79 Å². The number of unbranched alkanes of at least 4 members (excludes halogenated alkanes) is 7. The van der Waals surface area contributed by atoms with E-state index in [0.717, 1.165) is 25.8 Å². The molecule has 3 heteroatoms. The van der Waals surface area contributed by atoms with Crippen LogP contribution in [0.15, 0.2) is 0 Å². The maximum Gasteiger partial charge on any atom is 0.306 e. The summed E-state index contributed by atoms with van der Waals surface area (Å²) in [5, 5.41) is 0. The fourth-order valence-corrected chi connectivity index (χ4v) is 2.82. The highest BCUT2D eigenvalue weighted by atomic mass is 16.5. The van der Waals surface area contributed by atoms with E-state index in [4.69, 9.17) is 4.74 Å². The minimum Gasteiger partial charge on any atom is -0.462 e. The summed E-state index contributed by atoms with van der Waals surface area (Å²) in [5.74, 6) is 0.000833. The van der Waals surface area contributed by atoms with Crippen LogP contribution in [-0.4, -0.2) is 37.6 Å². The monoisotopic (exact) mass is 357 g/mol. The molecule has 0 aliphatic rings. The molecule has 0 rings (SSSR count). The molecular weight excluding hydrogens is 310 g/mol. The third-order valence-electron chi connectivity index (χ3n) is 4.29. The third-order valence-corrected chi connectivity index (χ3v) is 4.29. The summed E-state index contributed by atoms with van der Waals surface area (Å²) in [6.07, 6.45) is 15.1. The van der Waals surface area contributed by atoms with Crippen LogP contribution in [-0.2, 0) is 9.53 Å². The molecule has 1 unspecified atom stereocenters. The van der Waals surface area contributed by atoms with Crippen LogP contribution in [0.4, 0.5) is 0 Å². The molecule has 0 saturated heterocycles. The molecule has 0 heterocycles. The van der Waals surface area contributed by atoms with Gasteiger partial charge in [0.05, 0.1) is 0 Å². The van der Waals surface area contributed by atoms with Gasteiger partial charge in [-0.2, -0.15) is 0 Å². The minimum atomic E-state index is 0.000833. The molecule has 0 aliphatic heterocycles. The maximum atomic E-state index is 12.0. The summed E-state index contributed by atoms with van der Waals surface area (Å²) in [5.41, 5.74) is 0. The molecule has 3 nitrogen and oxygen atoms in total. The Morgan fingerprint density at radius 2 is 1.28 bits per heavy atom. The second-order valence-corrected chi connectivity index (χ2v) is 7.07. The zero-order valence-corrected chi connectivity index (χ0v) is 18.2. The molecule has 0 radical (unpaired) electrons. The van der Waals surface area contributed by atoms with Crippen LogP contribution in [0, 0.1) is 0 Å². The van der Waals surface area contributed by atoms with Gasteiger partial charge >= 0.3 is 5.97 Å². The largest absolute Gasteiger partial charge is 0.462 e. The van der Waals surface area contributed by atoms with Gasteiger partial charge in [0.1, 0.15) is 6.10 Å². The number of esters is 1.